The Bertz CT molecular complexity index is 562. The lowest BCUT2D eigenvalue weighted by atomic mass is 9.73. The Morgan fingerprint density at radius 3 is 2.64 bits per heavy atom. The molecular weight excluding hydrogens is 344 g/mol. The fraction of sp³-hybridized carbons (Fsp3) is 0.611. The molecule has 0 aliphatic carbocycles. The Morgan fingerprint density at radius 1 is 1.36 bits per heavy atom. The number of rotatable bonds is 7. The van der Waals surface area contributed by atoms with Gasteiger partial charge in [0.25, 0.3) is 0 Å². The van der Waals surface area contributed by atoms with Gasteiger partial charge in [0, 0.05) is 37.8 Å². The number of aryl methyl sites for hydroxylation is 1. The molecule has 142 valence electrons. The van der Waals surface area contributed by atoms with Gasteiger partial charge in [-0.1, -0.05) is 17.7 Å². The van der Waals surface area contributed by atoms with E-state index in [0.717, 1.165) is 24.2 Å². The minimum absolute atomic E-state index is 0. The Balaban J connectivity index is 0.00000312. The summed E-state index contributed by atoms with van der Waals surface area (Å²) >= 11 is 0. The number of methoxy groups -OCH3 is 2. The third kappa shape index (κ3) is 5.31. The summed E-state index contributed by atoms with van der Waals surface area (Å²) in [6, 6.07) is 5.50. The lowest BCUT2D eigenvalue weighted by molar-refractivity contribution is -0.124. The molecule has 0 spiro atoms. The maximum absolute atomic E-state index is 12.2. The van der Waals surface area contributed by atoms with Crippen molar-refractivity contribution in [1.82, 2.24) is 5.32 Å². The molecular formula is C18H29ClN2O4. The van der Waals surface area contributed by atoms with Crippen LogP contribution in [0.15, 0.2) is 18.2 Å². The van der Waals surface area contributed by atoms with Gasteiger partial charge in [-0.15, -0.1) is 12.4 Å². The van der Waals surface area contributed by atoms with E-state index in [1.807, 2.05) is 12.1 Å². The van der Waals surface area contributed by atoms with Crippen LogP contribution in [0.2, 0.25) is 0 Å². The summed E-state index contributed by atoms with van der Waals surface area (Å²) < 4.78 is 16.1. The van der Waals surface area contributed by atoms with E-state index in [4.69, 9.17) is 19.9 Å². The molecule has 0 radical (unpaired) electrons. The number of hydrogen-bond acceptors (Lipinski definition) is 5. The zero-order valence-corrected chi connectivity index (χ0v) is 16.0. The molecule has 0 saturated carbocycles. The van der Waals surface area contributed by atoms with Crippen LogP contribution in [0.25, 0.3) is 0 Å². The summed E-state index contributed by atoms with van der Waals surface area (Å²) in [6.07, 6.45) is 1.65. The van der Waals surface area contributed by atoms with Gasteiger partial charge in [-0.25, -0.2) is 0 Å². The van der Waals surface area contributed by atoms with E-state index >= 15 is 0 Å². The Labute approximate surface area is 155 Å². The molecule has 1 aliphatic heterocycles. The smallest absolute Gasteiger partial charge is 0.239 e. The van der Waals surface area contributed by atoms with Crippen LogP contribution in [-0.4, -0.2) is 52.5 Å². The molecule has 6 nitrogen and oxygen atoms in total. The highest BCUT2D eigenvalue weighted by molar-refractivity contribution is 5.85. The second kappa shape index (κ2) is 9.97. The van der Waals surface area contributed by atoms with Crippen LogP contribution >= 0.6 is 12.4 Å². The Hall–Kier alpha value is -1.34. The molecule has 1 aromatic carbocycles. The fourth-order valence-corrected chi connectivity index (χ4v) is 3.18. The van der Waals surface area contributed by atoms with Crippen LogP contribution in [0.4, 0.5) is 0 Å². The van der Waals surface area contributed by atoms with Crippen LogP contribution in [0.3, 0.4) is 0 Å². The molecule has 1 aliphatic rings. The number of amides is 1. The van der Waals surface area contributed by atoms with Gasteiger partial charge in [0.15, 0.2) is 0 Å². The van der Waals surface area contributed by atoms with Crippen LogP contribution < -0.4 is 15.8 Å². The molecule has 1 heterocycles. The first-order valence-electron chi connectivity index (χ1n) is 8.27. The first kappa shape index (κ1) is 21.7. The predicted octanol–water partition coefficient (Wildman–Crippen LogP) is 1.56. The molecule has 1 saturated heterocycles. The standard InChI is InChI=1S/C18H28N2O4.ClH/c1-13-4-5-16(23-3)14(10-13)18(6-8-24-9-7-18)12-20-17(21)15(19)11-22-2;/h4-5,10,15H,6-9,11-12,19H2,1-3H3,(H,20,21);1H. The molecule has 25 heavy (non-hydrogen) atoms. The van der Waals surface area contributed by atoms with Crippen LogP contribution in [0, 0.1) is 6.92 Å². The van der Waals surface area contributed by atoms with Crippen molar-refractivity contribution in [3.05, 3.63) is 29.3 Å². The Kier molecular flexibility index (Phi) is 8.65. The molecule has 0 bridgehead atoms. The highest BCUT2D eigenvalue weighted by Gasteiger charge is 2.37. The maximum atomic E-state index is 12.2. The van der Waals surface area contributed by atoms with Crippen molar-refractivity contribution in [1.29, 1.82) is 0 Å². The van der Waals surface area contributed by atoms with Gasteiger partial charge < -0.3 is 25.3 Å². The number of hydrogen-bond donors (Lipinski definition) is 2. The molecule has 0 aromatic heterocycles. The summed E-state index contributed by atoms with van der Waals surface area (Å²) in [6.45, 7) is 4.10. The average Bonchev–Trinajstić information content (AvgIpc) is 2.60. The number of halogens is 1. The van der Waals surface area contributed by atoms with Gasteiger partial charge in [-0.3, -0.25) is 4.79 Å². The second-order valence-corrected chi connectivity index (χ2v) is 6.38. The van der Waals surface area contributed by atoms with E-state index in [0.29, 0.717) is 19.8 Å². The molecule has 7 heteroatoms. The van der Waals surface area contributed by atoms with Crippen molar-refractivity contribution in [3.8, 4) is 5.75 Å². The first-order chi connectivity index (χ1) is 11.5. The molecule has 1 aromatic rings. The van der Waals surface area contributed by atoms with Crippen molar-refractivity contribution in [2.75, 3.05) is 40.6 Å². The van der Waals surface area contributed by atoms with Gasteiger partial charge in [0.2, 0.25) is 5.91 Å². The molecule has 3 N–H and O–H groups in total. The van der Waals surface area contributed by atoms with E-state index in [1.54, 1.807) is 7.11 Å². The van der Waals surface area contributed by atoms with Gasteiger partial charge in [0.1, 0.15) is 11.8 Å². The zero-order chi connectivity index (χ0) is 17.6. The molecule has 1 fully saturated rings. The van der Waals surface area contributed by atoms with E-state index in [1.165, 1.54) is 12.7 Å². The summed E-state index contributed by atoms with van der Waals surface area (Å²) in [7, 11) is 3.21. The fourth-order valence-electron chi connectivity index (χ4n) is 3.18. The van der Waals surface area contributed by atoms with Crippen LogP contribution in [0.5, 0.6) is 5.75 Å². The number of carbonyl (C=O) groups is 1. The first-order valence-corrected chi connectivity index (χ1v) is 8.27. The second-order valence-electron chi connectivity index (χ2n) is 6.38. The van der Waals surface area contributed by atoms with Crippen molar-refractivity contribution in [2.45, 2.75) is 31.2 Å². The van der Waals surface area contributed by atoms with E-state index in [9.17, 15) is 4.79 Å². The van der Waals surface area contributed by atoms with Crippen molar-refractivity contribution in [3.63, 3.8) is 0 Å². The third-order valence-corrected chi connectivity index (χ3v) is 4.66. The highest BCUT2D eigenvalue weighted by Crippen LogP contribution is 2.40. The summed E-state index contributed by atoms with van der Waals surface area (Å²) in [5, 5.41) is 2.99. The monoisotopic (exact) mass is 372 g/mol. The Morgan fingerprint density at radius 2 is 2.04 bits per heavy atom. The van der Waals surface area contributed by atoms with Gasteiger partial charge >= 0.3 is 0 Å². The lowest BCUT2D eigenvalue weighted by Crippen LogP contribution is -2.50. The normalized spacial score (nSPS) is 17.3. The van der Waals surface area contributed by atoms with Gasteiger partial charge in [-0.2, -0.15) is 0 Å². The topological polar surface area (TPSA) is 82.8 Å². The minimum Gasteiger partial charge on any atom is -0.496 e. The summed E-state index contributed by atoms with van der Waals surface area (Å²) in [5.41, 5.74) is 7.89. The molecule has 1 unspecified atom stereocenters. The SMILES string of the molecule is COCC(N)C(=O)NCC1(c2cc(C)ccc2OC)CCOCC1.Cl. The molecule has 1 atom stereocenters. The zero-order valence-electron chi connectivity index (χ0n) is 15.2. The quantitative estimate of drug-likeness (QED) is 0.759. The van der Waals surface area contributed by atoms with Gasteiger partial charge in [0.05, 0.1) is 13.7 Å². The third-order valence-electron chi connectivity index (χ3n) is 4.66. The van der Waals surface area contributed by atoms with Crippen molar-refractivity contribution < 1.29 is 19.0 Å². The number of benzene rings is 1. The largest absolute Gasteiger partial charge is 0.496 e. The molecule has 1 amide bonds. The van der Waals surface area contributed by atoms with Crippen LogP contribution in [0.1, 0.15) is 24.0 Å². The van der Waals surface area contributed by atoms with Crippen LogP contribution in [-0.2, 0) is 19.7 Å². The van der Waals surface area contributed by atoms with Gasteiger partial charge in [-0.05, 0) is 25.8 Å². The number of nitrogens with one attached hydrogen (secondary N) is 1. The summed E-state index contributed by atoms with van der Waals surface area (Å²) in [5.74, 6) is 0.646. The lowest BCUT2D eigenvalue weighted by Gasteiger charge is -2.39. The number of nitrogens with two attached hydrogens (primary N) is 1. The van der Waals surface area contributed by atoms with Crippen molar-refractivity contribution >= 4 is 18.3 Å². The van der Waals surface area contributed by atoms with E-state index < -0.39 is 6.04 Å². The highest BCUT2D eigenvalue weighted by atomic mass is 35.5. The van der Waals surface area contributed by atoms with Crippen molar-refractivity contribution in [2.24, 2.45) is 5.73 Å². The predicted molar refractivity (Wildman–Crippen MR) is 99.6 cm³/mol. The number of carbonyl (C=O) groups excluding carboxylic acids is 1. The average molecular weight is 373 g/mol. The number of ether oxygens (including phenoxy) is 3. The minimum atomic E-state index is -0.661. The van der Waals surface area contributed by atoms with E-state index in [2.05, 4.69) is 18.3 Å². The van der Waals surface area contributed by atoms with E-state index in [-0.39, 0.29) is 30.3 Å². The molecule has 2 rings (SSSR count). The maximum Gasteiger partial charge on any atom is 0.239 e. The summed E-state index contributed by atoms with van der Waals surface area (Å²) in [4.78, 5) is 12.2.